The number of halogens is 2. The van der Waals surface area contributed by atoms with Gasteiger partial charge in [0.2, 0.25) is 5.91 Å². The van der Waals surface area contributed by atoms with Gasteiger partial charge in [0.15, 0.2) is 11.6 Å². The summed E-state index contributed by atoms with van der Waals surface area (Å²) in [6, 6.07) is 5.21. The standard InChI is InChI=1S/C23H24F2N4O/c1-11(22(30)28-19-8-23(9-26)6-12(19)7-23)21-14-2-13(3-15(14)21)29-10-27-18-4-16(24)17(25)5-20(18)29/h4-5,10-15,19,21H,2-3,6-8H2,1H3,(H,28,30)/t11?,12?,13-,14-,15+,19?,21+,23?. The van der Waals surface area contributed by atoms with Crippen molar-refractivity contribution in [2.24, 2.45) is 35.0 Å². The zero-order chi connectivity index (χ0) is 20.8. The van der Waals surface area contributed by atoms with Gasteiger partial charge >= 0.3 is 0 Å². The summed E-state index contributed by atoms with van der Waals surface area (Å²) in [5.74, 6) is 0.253. The molecule has 5 aliphatic carbocycles. The molecular formula is C23H24F2N4O. The summed E-state index contributed by atoms with van der Waals surface area (Å²) >= 11 is 0. The van der Waals surface area contributed by atoms with Crippen LogP contribution >= 0.6 is 0 Å². The normalized spacial score (nSPS) is 39.3. The molecule has 6 atom stereocenters. The molecule has 5 aliphatic rings. The third-order valence-corrected chi connectivity index (χ3v) is 8.54. The molecule has 0 spiro atoms. The number of aromatic nitrogens is 2. The van der Waals surface area contributed by atoms with Crippen molar-refractivity contribution in [2.45, 2.75) is 51.1 Å². The van der Waals surface area contributed by atoms with Gasteiger partial charge in [-0.2, -0.15) is 5.26 Å². The van der Waals surface area contributed by atoms with Crippen molar-refractivity contribution >= 4 is 16.9 Å². The second kappa shape index (κ2) is 6.03. The van der Waals surface area contributed by atoms with E-state index >= 15 is 0 Å². The fraction of sp³-hybridized carbons (Fsp3) is 0.609. The van der Waals surface area contributed by atoms with Crippen LogP contribution in [-0.4, -0.2) is 21.5 Å². The van der Waals surface area contributed by atoms with Crippen LogP contribution in [0, 0.1) is 58.0 Å². The van der Waals surface area contributed by atoms with E-state index < -0.39 is 11.6 Å². The second-order valence-electron chi connectivity index (χ2n) is 10.1. The Morgan fingerprint density at radius 2 is 1.97 bits per heavy atom. The molecule has 1 aromatic heterocycles. The van der Waals surface area contributed by atoms with Crippen LogP contribution in [-0.2, 0) is 4.79 Å². The molecule has 2 unspecified atom stereocenters. The Morgan fingerprint density at radius 1 is 1.27 bits per heavy atom. The van der Waals surface area contributed by atoms with Crippen LogP contribution in [0.5, 0.6) is 0 Å². The number of fused-ring (bicyclic) bond motifs is 3. The van der Waals surface area contributed by atoms with E-state index in [4.69, 9.17) is 0 Å². The number of carbonyl (C=O) groups excluding carboxylic acids is 1. The molecule has 1 N–H and O–H groups in total. The molecule has 2 bridgehead atoms. The summed E-state index contributed by atoms with van der Waals surface area (Å²) in [6.07, 6.45) is 6.24. The third-order valence-electron chi connectivity index (χ3n) is 8.54. The largest absolute Gasteiger partial charge is 0.353 e. The molecule has 7 heteroatoms. The van der Waals surface area contributed by atoms with E-state index in [0.29, 0.717) is 34.7 Å². The molecule has 0 radical (unpaired) electrons. The number of nitriles is 1. The predicted octanol–water partition coefficient (Wildman–Crippen LogP) is 3.96. The van der Waals surface area contributed by atoms with Gasteiger partial charge in [0, 0.05) is 30.1 Å². The summed E-state index contributed by atoms with van der Waals surface area (Å²) in [5.41, 5.74) is 0.934. The topological polar surface area (TPSA) is 70.7 Å². The maximum absolute atomic E-state index is 13.7. The summed E-state index contributed by atoms with van der Waals surface area (Å²) in [7, 11) is 0. The average Bonchev–Trinajstić information content (AvgIpc) is 3.16. The van der Waals surface area contributed by atoms with Gasteiger partial charge in [-0.05, 0) is 55.8 Å². The zero-order valence-electron chi connectivity index (χ0n) is 16.8. The summed E-state index contributed by atoms with van der Waals surface area (Å²) in [4.78, 5) is 17.1. The van der Waals surface area contributed by atoms with Crippen molar-refractivity contribution in [1.29, 1.82) is 5.26 Å². The van der Waals surface area contributed by atoms with Crippen LogP contribution in [0.25, 0.3) is 11.0 Å². The van der Waals surface area contributed by atoms with Crippen LogP contribution in [0.15, 0.2) is 18.5 Å². The Balaban J connectivity index is 1.09. The van der Waals surface area contributed by atoms with Gasteiger partial charge in [0.25, 0.3) is 0 Å². The predicted molar refractivity (Wildman–Crippen MR) is 105 cm³/mol. The van der Waals surface area contributed by atoms with Crippen molar-refractivity contribution in [3.63, 3.8) is 0 Å². The molecule has 0 aliphatic heterocycles. The first-order valence-corrected chi connectivity index (χ1v) is 10.9. The maximum atomic E-state index is 13.7. The molecule has 5 fully saturated rings. The van der Waals surface area contributed by atoms with E-state index in [1.54, 1.807) is 6.33 Å². The lowest BCUT2D eigenvalue weighted by molar-refractivity contribution is -0.126. The number of rotatable bonds is 4. The Morgan fingerprint density at radius 3 is 2.63 bits per heavy atom. The quantitative estimate of drug-likeness (QED) is 0.830. The minimum Gasteiger partial charge on any atom is -0.353 e. The van der Waals surface area contributed by atoms with Crippen LogP contribution in [0.1, 0.15) is 45.1 Å². The van der Waals surface area contributed by atoms with Gasteiger partial charge in [-0.3, -0.25) is 4.79 Å². The van der Waals surface area contributed by atoms with E-state index in [1.807, 2.05) is 11.5 Å². The number of imidazole rings is 1. The molecule has 1 aromatic carbocycles. The van der Waals surface area contributed by atoms with Gasteiger partial charge in [0.05, 0.1) is 28.8 Å². The van der Waals surface area contributed by atoms with Crippen LogP contribution in [0.2, 0.25) is 0 Å². The molecule has 7 rings (SSSR count). The lowest BCUT2D eigenvalue weighted by Gasteiger charge is -2.31. The summed E-state index contributed by atoms with van der Waals surface area (Å²) < 4.78 is 29.1. The zero-order valence-corrected chi connectivity index (χ0v) is 16.8. The minimum absolute atomic E-state index is 0.0251. The van der Waals surface area contributed by atoms with Crippen molar-refractivity contribution in [2.75, 3.05) is 0 Å². The number of hydrogen-bond acceptors (Lipinski definition) is 3. The molecular weight excluding hydrogens is 386 g/mol. The molecule has 2 aromatic rings. The van der Waals surface area contributed by atoms with Crippen LogP contribution in [0.3, 0.4) is 0 Å². The first-order valence-electron chi connectivity index (χ1n) is 10.9. The molecule has 156 valence electrons. The first-order chi connectivity index (χ1) is 14.4. The summed E-state index contributed by atoms with van der Waals surface area (Å²) in [6.45, 7) is 2.03. The van der Waals surface area contributed by atoms with Gasteiger partial charge in [-0.25, -0.2) is 13.8 Å². The molecule has 0 saturated heterocycles. The van der Waals surface area contributed by atoms with Gasteiger partial charge in [0.1, 0.15) is 0 Å². The minimum atomic E-state index is -0.873. The number of hydrogen-bond donors (Lipinski definition) is 1. The van der Waals surface area contributed by atoms with E-state index in [9.17, 15) is 18.8 Å². The first kappa shape index (κ1) is 18.3. The highest BCUT2D eigenvalue weighted by Crippen LogP contribution is 2.64. The van der Waals surface area contributed by atoms with Gasteiger partial charge in [-0.15, -0.1) is 0 Å². The molecule has 1 heterocycles. The molecule has 5 saturated carbocycles. The fourth-order valence-electron chi connectivity index (χ4n) is 6.92. The molecule has 1 amide bonds. The Labute approximate surface area is 173 Å². The number of amides is 1. The molecule has 30 heavy (non-hydrogen) atoms. The van der Waals surface area contributed by atoms with Crippen LogP contribution < -0.4 is 5.32 Å². The lowest BCUT2D eigenvalue weighted by atomic mass is 9.71. The van der Waals surface area contributed by atoms with Crippen molar-refractivity contribution in [3.8, 4) is 6.07 Å². The lowest BCUT2D eigenvalue weighted by Crippen LogP contribution is -2.40. The van der Waals surface area contributed by atoms with E-state index in [0.717, 1.165) is 38.2 Å². The van der Waals surface area contributed by atoms with E-state index in [2.05, 4.69) is 16.4 Å². The molecule has 5 nitrogen and oxygen atoms in total. The third kappa shape index (κ3) is 2.49. The SMILES string of the molecule is CC(C(=O)NC1CC2(C#N)CC1C2)[C@H]1[C@@H]2C[C@@H](n3cnc4cc(F)c(F)cc43)C[C@@H]21. The average molecular weight is 410 g/mol. The van der Waals surface area contributed by atoms with Gasteiger partial charge in [-0.1, -0.05) is 6.92 Å². The van der Waals surface area contributed by atoms with Crippen molar-refractivity contribution < 1.29 is 13.6 Å². The highest BCUT2D eigenvalue weighted by atomic mass is 19.2. The Bertz CT molecular complexity index is 1090. The number of nitrogens with one attached hydrogen (secondary N) is 1. The maximum Gasteiger partial charge on any atom is 0.223 e. The fourth-order valence-corrected chi connectivity index (χ4v) is 6.92. The van der Waals surface area contributed by atoms with E-state index in [-0.39, 0.29) is 29.3 Å². The van der Waals surface area contributed by atoms with Gasteiger partial charge < -0.3 is 9.88 Å². The van der Waals surface area contributed by atoms with Crippen molar-refractivity contribution in [1.82, 2.24) is 14.9 Å². The highest BCUT2D eigenvalue weighted by molar-refractivity contribution is 5.80. The van der Waals surface area contributed by atoms with Crippen LogP contribution in [0.4, 0.5) is 8.78 Å². The monoisotopic (exact) mass is 410 g/mol. The number of benzene rings is 1. The number of nitrogens with zero attached hydrogens (tertiary/aromatic N) is 3. The Hall–Kier alpha value is -2.49. The highest BCUT2D eigenvalue weighted by Gasteiger charge is 2.61. The number of carbonyl (C=O) groups is 1. The second-order valence-corrected chi connectivity index (χ2v) is 10.1. The summed E-state index contributed by atoms with van der Waals surface area (Å²) in [5, 5.41) is 12.6. The Kier molecular flexibility index (Phi) is 3.67. The smallest absolute Gasteiger partial charge is 0.223 e. The van der Waals surface area contributed by atoms with E-state index in [1.165, 1.54) is 6.07 Å². The van der Waals surface area contributed by atoms with Crippen molar-refractivity contribution in [3.05, 3.63) is 30.1 Å².